The first-order valence-corrected chi connectivity index (χ1v) is 10.9. The average Bonchev–Trinajstić information content (AvgIpc) is 2.77. The molecule has 3 aromatic rings. The first kappa shape index (κ1) is 21.3. The van der Waals surface area contributed by atoms with Crippen LogP contribution < -0.4 is 0 Å². The van der Waals surface area contributed by atoms with E-state index in [0.717, 1.165) is 12.8 Å². The SMILES string of the molecule is C=CC(=O)OC(C)(C)C1CC=C(C)C(OCc2cccc3ccc4ccccc4c23)C1. The van der Waals surface area contributed by atoms with Gasteiger partial charge in [-0.3, -0.25) is 0 Å². The summed E-state index contributed by atoms with van der Waals surface area (Å²) in [6.45, 7) is 10.1. The standard InChI is InChI=1S/C28H30O3/c1-5-26(29)31-28(3,4)23-16-13-19(2)25(17-23)30-18-22-11-8-10-21-15-14-20-9-6-7-12-24(20)27(21)22/h5-15,23,25H,1,16-18H2,2-4H3. The van der Waals surface area contributed by atoms with Gasteiger partial charge in [0.05, 0.1) is 12.7 Å². The van der Waals surface area contributed by atoms with Gasteiger partial charge in [0.1, 0.15) is 5.60 Å². The first-order valence-electron chi connectivity index (χ1n) is 10.9. The molecular formula is C28H30O3. The molecule has 0 saturated carbocycles. The largest absolute Gasteiger partial charge is 0.456 e. The molecule has 0 spiro atoms. The number of carbonyl (C=O) groups is 1. The monoisotopic (exact) mass is 414 g/mol. The molecule has 2 unspecified atom stereocenters. The molecule has 1 aliphatic carbocycles. The highest BCUT2D eigenvalue weighted by Crippen LogP contribution is 2.36. The second-order valence-electron chi connectivity index (χ2n) is 8.95. The number of rotatable bonds is 6. The summed E-state index contributed by atoms with van der Waals surface area (Å²) in [4.78, 5) is 11.8. The minimum absolute atomic E-state index is 0.00527. The number of hydrogen-bond acceptors (Lipinski definition) is 3. The van der Waals surface area contributed by atoms with Gasteiger partial charge in [0.25, 0.3) is 0 Å². The number of esters is 1. The summed E-state index contributed by atoms with van der Waals surface area (Å²) in [6.07, 6.45) is 5.16. The molecule has 0 fully saturated rings. The molecule has 0 N–H and O–H groups in total. The Bertz CT molecular complexity index is 1160. The van der Waals surface area contributed by atoms with Crippen molar-refractivity contribution in [3.63, 3.8) is 0 Å². The van der Waals surface area contributed by atoms with E-state index >= 15 is 0 Å². The summed E-state index contributed by atoms with van der Waals surface area (Å²) in [5, 5.41) is 4.98. The van der Waals surface area contributed by atoms with Crippen molar-refractivity contribution < 1.29 is 14.3 Å². The zero-order valence-corrected chi connectivity index (χ0v) is 18.6. The summed E-state index contributed by atoms with van der Waals surface area (Å²) in [5.41, 5.74) is 1.87. The molecule has 0 radical (unpaired) electrons. The molecule has 3 nitrogen and oxygen atoms in total. The Labute approximate surface area is 184 Å². The van der Waals surface area contributed by atoms with Crippen LogP contribution in [0, 0.1) is 5.92 Å². The molecule has 0 heterocycles. The van der Waals surface area contributed by atoms with Crippen LogP contribution in [0.5, 0.6) is 0 Å². The van der Waals surface area contributed by atoms with Crippen molar-refractivity contribution in [3.8, 4) is 0 Å². The lowest BCUT2D eigenvalue weighted by Gasteiger charge is -2.38. The zero-order chi connectivity index (χ0) is 22.0. The molecule has 1 aliphatic rings. The first-order chi connectivity index (χ1) is 14.9. The lowest BCUT2D eigenvalue weighted by Crippen LogP contribution is -2.40. The fraction of sp³-hybridized carbons (Fsp3) is 0.321. The van der Waals surface area contributed by atoms with Crippen LogP contribution in [0.15, 0.2) is 78.9 Å². The lowest BCUT2D eigenvalue weighted by molar-refractivity contribution is -0.157. The number of ether oxygens (including phenoxy) is 2. The maximum absolute atomic E-state index is 11.8. The van der Waals surface area contributed by atoms with Crippen molar-refractivity contribution in [1.82, 2.24) is 0 Å². The molecule has 0 amide bonds. The Morgan fingerprint density at radius 1 is 1.10 bits per heavy atom. The fourth-order valence-electron chi connectivity index (χ4n) is 4.60. The van der Waals surface area contributed by atoms with Crippen molar-refractivity contribution >= 4 is 27.5 Å². The van der Waals surface area contributed by atoms with Crippen LogP contribution in [0.4, 0.5) is 0 Å². The van der Waals surface area contributed by atoms with Crippen molar-refractivity contribution in [3.05, 3.63) is 84.5 Å². The summed E-state index contributed by atoms with van der Waals surface area (Å²) in [6, 6.07) is 19.3. The van der Waals surface area contributed by atoms with Gasteiger partial charge in [0.15, 0.2) is 0 Å². The Kier molecular flexibility index (Phi) is 5.97. The molecule has 0 aromatic heterocycles. The number of benzene rings is 3. The molecule has 0 saturated heterocycles. The van der Waals surface area contributed by atoms with E-state index in [1.165, 1.54) is 38.8 Å². The van der Waals surface area contributed by atoms with Crippen LogP contribution in [0.1, 0.15) is 39.2 Å². The molecule has 31 heavy (non-hydrogen) atoms. The van der Waals surface area contributed by atoms with E-state index in [2.05, 4.69) is 74.2 Å². The van der Waals surface area contributed by atoms with E-state index in [9.17, 15) is 4.79 Å². The van der Waals surface area contributed by atoms with Gasteiger partial charge in [-0.2, -0.15) is 0 Å². The third kappa shape index (κ3) is 4.42. The Balaban J connectivity index is 1.56. The molecule has 2 atom stereocenters. The van der Waals surface area contributed by atoms with Gasteiger partial charge in [0.2, 0.25) is 0 Å². The number of fused-ring (bicyclic) bond motifs is 3. The second-order valence-corrected chi connectivity index (χ2v) is 8.95. The van der Waals surface area contributed by atoms with E-state index < -0.39 is 5.60 Å². The van der Waals surface area contributed by atoms with Gasteiger partial charge in [-0.1, -0.05) is 67.3 Å². The van der Waals surface area contributed by atoms with Gasteiger partial charge in [-0.15, -0.1) is 0 Å². The maximum Gasteiger partial charge on any atom is 0.330 e. The third-order valence-corrected chi connectivity index (χ3v) is 6.54. The highest BCUT2D eigenvalue weighted by atomic mass is 16.6. The van der Waals surface area contributed by atoms with E-state index in [1.807, 2.05) is 13.8 Å². The number of carbonyl (C=O) groups excluding carboxylic acids is 1. The predicted octanol–water partition coefficient (Wildman–Crippen LogP) is 6.74. The lowest BCUT2D eigenvalue weighted by atomic mass is 9.78. The quantitative estimate of drug-likeness (QED) is 0.194. The van der Waals surface area contributed by atoms with Crippen LogP contribution in [-0.2, 0) is 20.9 Å². The number of hydrogen-bond donors (Lipinski definition) is 0. The molecule has 160 valence electrons. The highest BCUT2D eigenvalue weighted by Gasteiger charge is 2.36. The fourth-order valence-corrected chi connectivity index (χ4v) is 4.60. The number of allylic oxidation sites excluding steroid dienone is 1. The third-order valence-electron chi connectivity index (χ3n) is 6.54. The van der Waals surface area contributed by atoms with Gasteiger partial charge in [-0.05, 0) is 66.3 Å². The van der Waals surface area contributed by atoms with Crippen LogP contribution in [0.3, 0.4) is 0 Å². The van der Waals surface area contributed by atoms with Crippen LogP contribution in [0.2, 0.25) is 0 Å². The summed E-state index contributed by atoms with van der Waals surface area (Å²) in [7, 11) is 0. The summed E-state index contributed by atoms with van der Waals surface area (Å²) in [5.74, 6) is -0.185. The molecule has 4 rings (SSSR count). The Hall–Kier alpha value is -2.91. The second kappa shape index (κ2) is 8.68. The van der Waals surface area contributed by atoms with Crippen molar-refractivity contribution in [2.24, 2.45) is 5.92 Å². The van der Waals surface area contributed by atoms with Gasteiger partial charge in [-0.25, -0.2) is 4.79 Å². The topological polar surface area (TPSA) is 35.5 Å². The van der Waals surface area contributed by atoms with E-state index in [1.54, 1.807) is 0 Å². The minimum Gasteiger partial charge on any atom is -0.456 e. The molecule has 0 bridgehead atoms. The average molecular weight is 415 g/mol. The van der Waals surface area contributed by atoms with Crippen LogP contribution in [-0.4, -0.2) is 17.7 Å². The minimum atomic E-state index is -0.570. The van der Waals surface area contributed by atoms with Gasteiger partial charge >= 0.3 is 5.97 Å². The highest BCUT2D eigenvalue weighted by molar-refractivity contribution is 6.09. The maximum atomic E-state index is 11.8. The van der Waals surface area contributed by atoms with Gasteiger partial charge < -0.3 is 9.47 Å². The van der Waals surface area contributed by atoms with Crippen LogP contribution >= 0.6 is 0 Å². The van der Waals surface area contributed by atoms with E-state index in [0.29, 0.717) is 6.61 Å². The summed E-state index contributed by atoms with van der Waals surface area (Å²) >= 11 is 0. The van der Waals surface area contributed by atoms with Crippen molar-refractivity contribution in [2.75, 3.05) is 0 Å². The van der Waals surface area contributed by atoms with E-state index in [4.69, 9.17) is 9.47 Å². The van der Waals surface area contributed by atoms with Crippen molar-refractivity contribution in [1.29, 1.82) is 0 Å². The Morgan fingerprint density at radius 3 is 2.65 bits per heavy atom. The van der Waals surface area contributed by atoms with Crippen LogP contribution in [0.25, 0.3) is 21.5 Å². The smallest absolute Gasteiger partial charge is 0.330 e. The predicted molar refractivity (Wildman–Crippen MR) is 127 cm³/mol. The van der Waals surface area contributed by atoms with Crippen molar-refractivity contribution in [2.45, 2.75) is 51.9 Å². The zero-order valence-electron chi connectivity index (χ0n) is 18.6. The normalized spacial score (nSPS) is 19.3. The van der Waals surface area contributed by atoms with Gasteiger partial charge in [0, 0.05) is 12.0 Å². The molecular weight excluding hydrogens is 384 g/mol. The Morgan fingerprint density at radius 2 is 1.84 bits per heavy atom. The summed E-state index contributed by atoms with van der Waals surface area (Å²) < 4.78 is 12.1. The molecule has 3 heteroatoms. The molecule has 3 aromatic carbocycles. The van der Waals surface area contributed by atoms with E-state index in [-0.39, 0.29) is 18.0 Å². The molecule has 0 aliphatic heterocycles.